The number of hydrogen-bond acceptors (Lipinski definition) is 7. The SMILES string of the molecule is CCCCCCCCCCCCOP(=O)(O)OC[C@H]1O[C@@H](n2cc(F)c(=O)[nH]c2=O)C[C@@H]1O. The van der Waals surface area contributed by atoms with E-state index in [1.54, 1.807) is 4.98 Å². The number of aromatic amines is 1. The summed E-state index contributed by atoms with van der Waals surface area (Å²) in [6.07, 6.45) is 8.66. The minimum atomic E-state index is -4.33. The van der Waals surface area contributed by atoms with Crippen LogP contribution in [0.15, 0.2) is 15.8 Å². The van der Waals surface area contributed by atoms with Crippen LogP contribution in [0.3, 0.4) is 0 Å². The molecule has 33 heavy (non-hydrogen) atoms. The average molecular weight is 494 g/mol. The topological polar surface area (TPSA) is 140 Å². The highest BCUT2D eigenvalue weighted by Crippen LogP contribution is 2.44. The van der Waals surface area contributed by atoms with Crippen molar-refractivity contribution in [1.29, 1.82) is 0 Å². The van der Waals surface area contributed by atoms with Crippen molar-refractivity contribution in [3.05, 3.63) is 32.9 Å². The van der Waals surface area contributed by atoms with E-state index in [1.807, 2.05) is 0 Å². The van der Waals surface area contributed by atoms with Crippen LogP contribution >= 0.6 is 7.82 Å². The fourth-order valence-corrected chi connectivity index (χ4v) is 4.45. The third kappa shape index (κ3) is 9.80. The molecule has 0 spiro atoms. The number of halogens is 1. The maximum absolute atomic E-state index is 13.5. The van der Waals surface area contributed by atoms with Crippen LogP contribution in [0.2, 0.25) is 0 Å². The second-order valence-electron chi connectivity index (χ2n) is 8.36. The molecule has 2 heterocycles. The molecule has 0 bridgehead atoms. The van der Waals surface area contributed by atoms with Crippen molar-refractivity contribution in [2.45, 2.75) is 96.0 Å². The molecule has 0 aliphatic carbocycles. The highest BCUT2D eigenvalue weighted by atomic mass is 31.2. The van der Waals surface area contributed by atoms with Gasteiger partial charge in [-0.25, -0.2) is 9.36 Å². The number of H-pyrrole nitrogens is 1. The summed E-state index contributed by atoms with van der Waals surface area (Å²) in [5.41, 5.74) is -2.05. The summed E-state index contributed by atoms with van der Waals surface area (Å²) in [7, 11) is -4.33. The lowest BCUT2D eigenvalue weighted by Gasteiger charge is -2.18. The molecule has 1 unspecified atom stereocenters. The highest BCUT2D eigenvalue weighted by Gasteiger charge is 2.37. The van der Waals surface area contributed by atoms with Crippen LogP contribution in [0.1, 0.15) is 83.8 Å². The minimum Gasteiger partial charge on any atom is -0.390 e. The number of phosphoric ester groups is 1. The first-order valence-electron chi connectivity index (χ1n) is 11.7. The van der Waals surface area contributed by atoms with Gasteiger partial charge in [-0.15, -0.1) is 0 Å². The Labute approximate surface area is 192 Å². The van der Waals surface area contributed by atoms with Crippen molar-refractivity contribution in [1.82, 2.24) is 9.55 Å². The fraction of sp³-hybridized carbons (Fsp3) is 0.810. The van der Waals surface area contributed by atoms with Crippen LogP contribution < -0.4 is 11.2 Å². The number of aromatic nitrogens is 2. The number of aliphatic hydroxyl groups is 1. The van der Waals surface area contributed by atoms with E-state index in [9.17, 15) is 28.5 Å². The Morgan fingerprint density at radius 3 is 2.36 bits per heavy atom. The molecule has 10 nitrogen and oxygen atoms in total. The van der Waals surface area contributed by atoms with Gasteiger partial charge in [-0.1, -0.05) is 64.7 Å². The quantitative estimate of drug-likeness (QED) is 0.235. The summed E-state index contributed by atoms with van der Waals surface area (Å²) in [4.78, 5) is 34.6. The van der Waals surface area contributed by atoms with Crippen molar-refractivity contribution in [3.8, 4) is 0 Å². The van der Waals surface area contributed by atoms with Crippen LogP contribution in [0, 0.1) is 5.82 Å². The molecule has 1 aliphatic heterocycles. The largest absolute Gasteiger partial charge is 0.472 e. The van der Waals surface area contributed by atoms with Gasteiger partial charge in [0.15, 0.2) is 0 Å². The standard InChI is InChI=1S/C21H36FN2O8P/c1-2-3-4-5-6-7-8-9-10-11-12-30-33(28,29)31-15-18-17(25)13-19(32-18)24-14-16(22)20(26)23-21(24)27/h14,17-19,25H,2-13,15H2,1H3,(H,28,29)(H,23,26,27)/t17-,18+,19+/m0/s1. The molecule has 12 heteroatoms. The normalized spacial score (nSPS) is 22.5. The minimum absolute atomic E-state index is 0.0764. The van der Waals surface area contributed by atoms with Crippen molar-refractivity contribution in [2.75, 3.05) is 13.2 Å². The maximum Gasteiger partial charge on any atom is 0.472 e. The molecule has 1 aliphatic rings. The van der Waals surface area contributed by atoms with E-state index in [0.717, 1.165) is 23.8 Å². The number of ether oxygens (including phenoxy) is 1. The Morgan fingerprint density at radius 2 is 1.73 bits per heavy atom. The third-order valence-corrected chi connectivity index (χ3v) is 6.58. The first kappa shape index (κ1) is 27.9. The highest BCUT2D eigenvalue weighted by molar-refractivity contribution is 7.47. The van der Waals surface area contributed by atoms with Gasteiger partial charge in [0.1, 0.15) is 12.3 Å². The van der Waals surface area contributed by atoms with Crippen LogP contribution in [0.5, 0.6) is 0 Å². The van der Waals surface area contributed by atoms with Gasteiger partial charge in [0.05, 0.1) is 25.5 Å². The molecule has 0 amide bonds. The zero-order valence-electron chi connectivity index (χ0n) is 19.1. The summed E-state index contributed by atoms with van der Waals surface area (Å²) >= 11 is 0. The van der Waals surface area contributed by atoms with Gasteiger partial charge >= 0.3 is 13.5 Å². The zero-order chi connectivity index (χ0) is 24.3. The van der Waals surface area contributed by atoms with Gasteiger partial charge in [-0.2, -0.15) is 4.39 Å². The molecule has 3 N–H and O–H groups in total. The van der Waals surface area contributed by atoms with Gasteiger partial charge in [-0.3, -0.25) is 23.4 Å². The number of unbranched alkanes of at least 4 members (excludes halogenated alkanes) is 9. The first-order valence-corrected chi connectivity index (χ1v) is 13.2. The van der Waals surface area contributed by atoms with Crippen molar-refractivity contribution >= 4 is 7.82 Å². The Hall–Kier alpha value is -1.36. The first-order chi connectivity index (χ1) is 15.7. The maximum atomic E-state index is 13.5. The van der Waals surface area contributed by atoms with E-state index in [0.29, 0.717) is 12.6 Å². The Kier molecular flexibility index (Phi) is 11.9. The molecule has 1 aromatic heterocycles. The van der Waals surface area contributed by atoms with Crippen molar-refractivity contribution in [3.63, 3.8) is 0 Å². The monoisotopic (exact) mass is 494 g/mol. The van der Waals surface area contributed by atoms with Gasteiger partial charge in [0, 0.05) is 6.42 Å². The van der Waals surface area contributed by atoms with Gasteiger partial charge in [0.2, 0.25) is 5.82 Å². The lowest BCUT2D eigenvalue weighted by Crippen LogP contribution is -2.34. The van der Waals surface area contributed by atoms with E-state index in [1.165, 1.54) is 38.5 Å². The predicted molar refractivity (Wildman–Crippen MR) is 119 cm³/mol. The van der Waals surface area contributed by atoms with Crippen LogP contribution in [-0.2, 0) is 18.3 Å². The van der Waals surface area contributed by atoms with Crippen molar-refractivity contribution < 1.29 is 32.7 Å². The molecule has 2 rings (SSSR count). The summed E-state index contributed by atoms with van der Waals surface area (Å²) in [5.74, 6) is -1.17. The molecule has 4 atom stereocenters. The second-order valence-corrected chi connectivity index (χ2v) is 9.81. The lowest BCUT2D eigenvalue weighted by molar-refractivity contribution is -0.0468. The van der Waals surface area contributed by atoms with Gasteiger partial charge < -0.3 is 14.7 Å². The number of nitrogens with zero attached hydrogens (tertiary/aromatic N) is 1. The second kappa shape index (κ2) is 14.1. The van der Waals surface area contributed by atoms with E-state index < -0.39 is 49.9 Å². The van der Waals surface area contributed by atoms with Crippen molar-refractivity contribution in [2.24, 2.45) is 0 Å². The number of nitrogens with one attached hydrogen (secondary N) is 1. The van der Waals surface area contributed by atoms with Crippen LogP contribution in [0.25, 0.3) is 0 Å². The molecule has 1 aromatic rings. The summed E-state index contributed by atoms with van der Waals surface area (Å²) in [5, 5.41) is 10.1. The fourth-order valence-electron chi connectivity index (χ4n) is 3.68. The number of aliphatic hydroxyl groups excluding tert-OH is 1. The molecular weight excluding hydrogens is 458 g/mol. The van der Waals surface area contributed by atoms with Gasteiger partial charge in [0.25, 0.3) is 5.56 Å². The predicted octanol–water partition coefficient (Wildman–Crippen LogP) is 3.38. The lowest BCUT2D eigenvalue weighted by atomic mass is 10.1. The van der Waals surface area contributed by atoms with Crippen LogP contribution in [0.4, 0.5) is 4.39 Å². The number of phosphoric acid groups is 1. The van der Waals surface area contributed by atoms with E-state index in [4.69, 9.17) is 13.8 Å². The molecule has 1 saturated heterocycles. The van der Waals surface area contributed by atoms with Gasteiger partial charge in [-0.05, 0) is 6.42 Å². The third-order valence-electron chi connectivity index (χ3n) is 5.59. The van der Waals surface area contributed by atoms with E-state index >= 15 is 0 Å². The molecule has 1 fully saturated rings. The molecular formula is C21H36FN2O8P. The summed E-state index contributed by atoms with van der Waals surface area (Å²) in [6.45, 7) is 1.82. The summed E-state index contributed by atoms with van der Waals surface area (Å²) in [6, 6.07) is 0. The number of hydrogen-bond donors (Lipinski definition) is 3. The average Bonchev–Trinajstić information content (AvgIpc) is 3.13. The molecule has 0 saturated carbocycles. The Morgan fingerprint density at radius 1 is 1.12 bits per heavy atom. The molecule has 0 aromatic carbocycles. The smallest absolute Gasteiger partial charge is 0.390 e. The Balaban J connectivity index is 1.63. The summed E-state index contributed by atoms with van der Waals surface area (Å²) < 4.78 is 41.7. The number of rotatable bonds is 16. The van der Waals surface area contributed by atoms with E-state index in [-0.39, 0.29) is 13.0 Å². The zero-order valence-corrected chi connectivity index (χ0v) is 20.0. The molecule has 190 valence electrons. The molecule has 0 radical (unpaired) electrons. The van der Waals surface area contributed by atoms with E-state index in [2.05, 4.69) is 6.92 Å². The van der Waals surface area contributed by atoms with Crippen LogP contribution in [-0.4, -0.2) is 45.0 Å². The Bertz CT molecular complexity index is 877.